The number of aliphatic hydroxyl groups is 3. The van der Waals surface area contributed by atoms with E-state index in [0.717, 1.165) is 130 Å². The molecule has 0 amide bonds. The Labute approximate surface area is 290 Å². The van der Waals surface area contributed by atoms with Crippen molar-refractivity contribution >= 4 is 0 Å². The maximum absolute atomic E-state index is 13.8. The molecule has 0 bridgehead atoms. The van der Waals surface area contributed by atoms with E-state index in [4.69, 9.17) is 0 Å². The molecule has 0 fully saturated rings. The molecule has 0 spiro atoms. The lowest BCUT2D eigenvalue weighted by Gasteiger charge is -2.27. The molecule has 3 unspecified atom stereocenters. The molecular formula is C36H72N6O6. The van der Waals surface area contributed by atoms with E-state index in [9.17, 15) is 29.7 Å². The van der Waals surface area contributed by atoms with Crippen LogP contribution < -0.4 is 17.1 Å². The fraction of sp³-hybridized carbons (Fsp3) is 0.917. The van der Waals surface area contributed by atoms with Crippen LogP contribution >= 0.6 is 0 Å². The number of unbranched alkanes of at least 4 members (excludes halogenated alkanes) is 6. The Morgan fingerprint density at radius 2 is 0.604 bits per heavy atom. The number of hydrogen-bond donors (Lipinski definition) is 3. The molecule has 1 heterocycles. The summed E-state index contributed by atoms with van der Waals surface area (Å²) in [6, 6.07) is 0. The van der Waals surface area contributed by atoms with Gasteiger partial charge in [0.25, 0.3) is 0 Å². The zero-order valence-electron chi connectivity index (χ0n) is 31.5. The molecule has 0 aliphatic rings. The first-order chi connectivity index (χ1) is 23.1. The molecule has 282 valence electrons. The molecule has 0 aliphatic carbocycles. The van der Waals surface area contributed by atoms with Crippen molar-refractivity contribution in [1.29, 1.82) is 0 Å². The lowest BCUT2D eigenvalue weighted by atomic mass is 10.2. The highest BCUT2D eigenvalue weighted by molar-refractivity contribution is 4.84. The summed E-state index contributed by atoms with van der Waals surface area (Å²) in [5, 5.41) is 33.5. The van der Waals surface area contributed by atoms with Crippen molar-refractivity contribution in [3.8, 4) is 0 Å². The minimum absolute atomic E-state index is 0.281. The summed E-state index contributed by atoms with van der Waals surface area (Å²) in [5.41, 5.74) is -2.53. The van der Waals surface area contributed by atoms with Crippen LogP contribution in [0, 0.1) is 0 Å². The second kappa shape index (κ2) is 26.0. The zero-order chi connectivity index (χ0) is 35.9. The van der Waals surface area contributed by atoms with E-state index in [0.29, 0.717) is 19.6 Å². The van der Waals surface area contributed by atoms with Crippen LogP contribution in [0.15, 0.2) is 14.4 Å². The molecule has 0 aliphatic heterocycles. The summed E-state index contributed by atoms with van der Waals surface area (Å²) in [4.78, 5) is 47.8. The van der Waals surface area contributed by atoms with Gasteiger partial charge in [-0.2, -0.15) is 0 Å². The van der Waals surface area contributed by atoms with E-state index < -0.39 is 35.4 Å². The predicted molar refractivity (Wildman–Crippen MR) is 196 cm³/mol. The predicted octanol–water partition coefficient (Wildman–Crippen LogP) is 2.96. The van der Waals surface area contributed by atoms with Crippen LogP contribution in [0.25, 0.3) is 0 Å². The monoisotopic (exact) mass is 685 g/mol. The molecule has 0 saturated heterocycles. The average Bonchev–Trinajstić information content (AvgIpc) is 3.06. The van der Waals surface area contributed by atoms with Gasteiger partial charge in [0.05, 0.1) is 37.9 Å². The molecule has 1 aromatic heterocycles. The van der Waals surface area contributed by atoms with Gasteiger partial charge in [0, 0.05) is 19.6 Å². The van der Waals surface area contributed by atoms with Crippen LogP contribution in [0.4, 0.5) is 0 Å². The maximum Gasteiger partial charge on any atom is 0.336 e. The van der Waals surface area contributed by atoms with Gasteiger partial charge in [-0.1, -0.05) is 80.1 Å². The van der Waals surface area contributed by atoms with Gasteiger partial charge in [0.15, 0.2) is 0 Å². The van der Waals surface area contributed by atoms with Crippen LogP contribution in [-0.2, 0) is 19.6 Å². The van der Waals surface area contributed by atoms with Crippen LogP contribution in [0.3, 0.4) is 0 Å². The van der Waals surface area contributed by atoms with Crippen LogP contribution in [0.1, 0.15) is 119 Å². The normalized spacial score (nSPS) is 14.0. The standard InChI is InChI=1S/C36H72N6O6/c1-7-13-19-37(20-14-8-2)25-31(43)28-40-34(46)41(29-32(44)26-38(21-15-9-3)22-16-10-4)36(48)42(35(40)47)30-33(45)27-39(23-17-11-5)24-18-12-6/h31-33,43-45H,7-30H2,1-6H3. The number of aromatic nitrogens is 3. The van der Waals surface area contributed by atoms with Crippen LogP contribution in [0.5, 0.6) is 0 Å². The van der Waals surface area contributed by atoms with Crippen molar-refractivity contribution in [1.82, 2.24) is 28.4 Å². The van der Waals surface area contributed by atoms with Crippen molar-refractivity contribution in [2.24, 2.45) is 0 Å². The van der Waals surface area contributed by atoms with Gasteiger partial charge >= 0.3 is 17.1 Å². The first kappa shape index (κ1) is 44.2. The molecule has 0 saturated carbocycles. The molecule has 0 aromatic carbocycles. The Morgan fingerprint density at radius 3 is 0.771 bits per heavy atom. The van der Waals surface area contributed by atoms with Crippen LogP contribution in [-0.4, -0.2) is 121 Å². The quantitative estimate of drug-likeness (QED) is 0.112. The second-order valence-electron chi connectivity index (χ2n) is 13.7. The Hall–Kier alpha value is -1.83. The van der Waals surface area contributed by atoms with Gasteiger partial charge in [-0.15, -0.1) is 0 Å². The summed E-state index contributed by atoms with van der Waals surface area (Å²) in [7, 11) is 0. The first-order valence-corrected chi connectivity index (χ1v) is 19.2. The van der Waals surface area contributed by atoms with E-state index in [1.807, 2.05) is 0 Å². The molecule has 0 radical (unpaired) electrons. The lowest BCUT2D eigenvalue weighted by Crippen LogP contribution is -2.58. The fourth-order valence-electron chi connectivity index (χ4n) is 6.02. The van der Waals surface area contributed by atoms with Gasteiger partial charge < -0.3 is 30.0 Å². The number of hydrogen-bond acceptors (Lipinski definition) is 9. The third kappa shape index (κ3) is 16.7. The number of rotatable bonds is 30. The summed E-state index contributed by atoms with van der Waals surface area (Å²) in [6.07, 6.45) is 8.90. The molecule has 1 aromatic rings. The highest BCUT2D eigenvalue weighted by Gasteiger charge is 2.24. The van der Waals surface area contributed by atoms with Gasteiger partial charge in [-0.05, 0) is 77.8 Å². The maximum atomic E-state index is 13.8. The Balaban J connectivity index is 3.47. The molecule has 3 N–H and O–H groups in total. The smallest absolute Gasteiger partial charge is 0.336 e. The summed E-state index contributed by atoms with van der Waals surface area (Å²) < 4.78 is 2.75. The first-order valence-electron chi connectivity index (χ1n) is 19.2. The van der Waals surface area contributed by atoms with Crippen molar-refractivity contribution in [2.75, 3.05) is 58.9 Å². The average molecular weight is 685 g/mol. The van der Waals surface area contributed by atoms with Crippen LogP contribution in [0.2, 0.25) is 0 Å². The van der Waals surface area contributed by atoms with E-state index in [1.165, 1.54) is 0 Å². The van der Waals surface area contributed by atoms with Crippen molar-refractivity contribution in [2.45, 2.75) is 157 Å². The van der Waals surface area contributed by atoms with E-state index >= 15 is 0 Å². The van der Waals surface area contributed by atoms with E-state index in [1.54, 1.807) is 0 Å². The largest absolute Gasteiger partial charge is 0.390 e. The molecule has 12 nitrogen and oxygen atoms in total. The minimum atomic E-state index is -1.02. The van der Waals surface area contributed by atoms with Crippen molar-refractivity contribution < 1.29 is 15.3 Å². The number of aliphatic hydroxyl groups excluding tert-OH is 3. The van der Waals surface area contributed by atoms with Gasteiger partial charge in [0.2, 0.25) is 0 Å². The van der Waals surface area contributed by atoms with Gasteiger partial charge in [0.1, 0.15) is 0 Å². The fourth-order valence-corrected chi connectivity index (χ4v) is 6.02. The topological polar surface area (TPSA) is 136 Å². The highest BCUT2D eigenvalue weighted by Crippen LogP contribution is 2.05. The minimum Gasteiger partial charge on any atom is -0.390 e. The Morgan fingerprint density at radius 1 is 0.417 bits per heavy atom. The number of nitrogens with zero attached hydrogens (tertiary/aromatic N) is 6. The molecule has 3 atom stereocenters. The Kier molecular flexibility index (Phi) is 24.0. The van der Waals surface area contributed by atoms with E-state index in [-0.39, 0.29) is 19.6 Å². The molecular weight excluding hydrogens is 612 g/mol. The second-order valence-corrected chi connectivity index (χ2v) is 13.7. The lowest BCUT2D eigenvalue weighted by molar-refractivity contribution is 0.0796. The summed E-state index contributed by atoms with van der Waals surface area (Å²) in [5.74, 6) is 0. The summed E-state index contributed by atoms with van der Waals surface area (Å²) in [6.45, 7) is 17.6. The SMILES string of the molecule is CCCCN(CCCC)CC(O)Cn1c(=O)n(CC(O)CN(CCCC)CCCC)c(=O)n(CC(O)CN(CCCC)CCCC)c1=O. The van der Waals surface area contributed by atoms with Gasteiger partial charge in [-0.25, -0.2) is 28.1 Å². The third-order valence-electron chi connectivity index (χ3n) is 8.94. The molecule has 1 rings (SSSR count). The molecule has 12 heteroatoms. The zero-order valence-corrected chi connectivity index (χ0v) is 31.5. The summed E-state index contributed by atoms with van der Waals surface area (Å²) >= 11 is 0. The Bertz CT molecular complexity index is 945. The van der Waals surface area contributed by atoms with Crippen molar-refractivity contribution in [3.63, 3.8) is 0 Å². The third-order valence-corrected chi connectivity index (χ3v) is 8.94. The molecule has 48 heavy (non-hydrogen) atoms. The van der Waals surface area contributed by atoms with E-state index in [2.05, 4.69) is 56.2 Å². The highest BCUT2D eigenvalue weighted by atomic mass is 16.3. The van der Waals surface area contributed by atoms with Crippen molar-refractivity contribution in [3.05, 3.63) is 31.5 Å². The van der Waals surface area contributed by atoms with Gasteiger partial charge in [-0.3, -0.25) is 0 Å².